The number of fused-ring (bicyclic) bond motifs is 1. The second-order valence-electron chi connectivity index (χ2n) is 4.34. The number of hydrogen-bond donors (Lipinski definition) is 1. The standard InChI is InChI=1S/C11H18N4OS2/c1-4-8-9-10(14(2)13-8)15(11(17)12-9)6-5-7-18(3)16/h4-7H2,1-3H3,(H,12,17). The molecule has 100 valence electrons. The lowest BCUT2D eigenvalue weighted by atomic mass is 10.3. The minimum Gasteiger partial charge on any atom is -0.328 e. The van der Waals surface area contributed by atoms with Crippen molar-refractivity contribution >= 4 is 34.2 Å². The summed E-state index contributed by atoms with van der Waals surface area (Å²) < 4.78 is 15.7. The molecule has 0 aliphatic heterocycles. The van der Waals surface area contributed by atoms with Gasteiger partial charge >= 0.3 is 0 Å². The molecule has 0 aliphatic rings. The zero-order chi connectivity index (χ0) is 13.3. The number of nitrogens with one attached hydrogen (secondary N) is 1. The Morgan fingerprint density at radius 3 is 2.83 bits per heavy atom. The van der Waals surface area contributed by atoms with Crippen LogP contribution in [0.25, 0.3) is 11.2 Å². The van der Waals surface area contributed by atoms with Gasteiger partial charge in [0.2, 0.25) is 0 Å². The number of H-pyrrole nitrogens is 1. The molecule has 5 nitrogen and oxygen atoms in total. The summed E-state index contributed by atoms with van der Waals surface area (Å²) in [5, 5.41) is 4.47. The second-order valence-corrected chi connectivity index (χ2v) is 6.28. The molecule has 0 aromatic carbocycles. The Morgan fingerprint density at radius 2 is 2.22 bits per heavy atom. The largest absolute Gasteiger partial charge is 0.328 e. The predicted octanol–water partition coefficient (Wildman–Crippen LogP) is 1.76. The molecule has 1 unspecified atom stereocenters. The molecule has 0 aliphatic carbocycles. The third kappa shape index (κ3) is 2.42. The molecule has 2 aromatic rings. The zero-order valence-electron chi connectivity index (χ0n) is 10.9. The normalized spacial score (nSPS) is 13.3. The van der Waals surface area contributed by atoms with Gasteiger partial charge in [-0.25, -0.2) is 0 Å². The van der Waals surface area contributed by atoms with Gasteiger partial charge in [-0.3, -0.25) is 8.89 Å². The van der Waals surface area contributed by atoms with E-state index in [0.717, 1.165) is 41.0 Å². The van der Waals surface area contributed by atoms with E-state index in [1.54, 1.807) is 6.26 Å². The van der Waals surface area contributed by atoms with Crippen molar-refractivity contribution in [3.63, 3.8) is 0 Å². The van der Waals surface area contributed by atoms with Crippen LogP contribution in [0.1, 0.15) is 19.0 Å². The van der Waals surface area contributed by atoms with Crippen LogP contribution in [0.5, 0.6) is 0 Å². The van der Waals surface area contributed by atoms with Crippen molar-refractivity contribution in [3.8, 4) is 0 Å². The van der Waals surface area contributed by atoms with Crippen molar-refractivity contribution in [2.45, 2.75) is 26.3 Å². The maximum absolute atomic E-state index is 11.1. The summed E-state index contributed by atoms with van der Waals surface area (Å²) in [5.74, 6) is 0.701. The van der Waals surface area contributed by atoms with Gasteiger partial charge in [0.1, 0.15) is 5.52 Å². The van der Waals surface area contributed by atoms with Crippen LogP contribution < -0.4 is 0 Å². The number of aryl methyl sites for hydroxylation is 3. The highest BCUT2D eigenvalue weighted by atomic mass is 32.2. The van der Waals surface area contributed by atoms with Gasteiger partial charge in [0.25, 0.3) is 0 Å². The van der Waals surface area contributed by atoms with Crippen LogP contribution >= 0.6 is 12.2 Å². The lowest BCUT2D eigenvalue weighted by Gasteiger charge is -2.03. The molecule has 2 heterocycles. The highest BCUT2D eigenvalue weighted by Gasteiger charge is 2.13. The van der Waals surface area contributed by atoms with E-state index in [4.69, 9.17) is 12.2 Å². The minimum absolute atomic E-state index is 0.701. The predicted molar refractivity (Wildman–Crippen MR) is 76.8 cm³/mol. The summed E-state index contributed by atoms with van der Waals surface area (Å²) in [6.45, 7) is 2.86. The quantitative estimate of drug-likeness (QED) is 0.852. The summed E-state index contributed by atoms with van der Waals surface area (Å²) in [6, 6.07) is 0. The Bertz CT molecular complexity index is 637. The van der Waals surface area contributed by atoms with Crippen LogP contribution in [-0.2, 0) is 30.8 Å². The van der Waals surface area contributed by atoms with Gasteiger partial charge in [-0.15, -0.1) is 0 Å². The fraction of sp³-hybridized carbons (Fsp3) is 0.636. The Labute approximate surface area is 114 Å². The summed E-state index contributed by atoms with van der Waals surface area (Å²) >= 11 is 5.34. The highest BCUT2D eigenvalue weighted by molar-refractivity contribution is 7.84. The molecule has 0 saturated heterocycles. The van der Waals surface area contributed by atoms with Crippen LogP contribution in [-0.4, -0.2) is 35.5 Å². The SMILES string of the molecule is CCc1nn(C)c2c1[nH]c(=S)n2CCCS(C)=O. The Hall–Kier alpha value is -0.950. The third-order valence-electron chi connectivity index (χ3n) is 2.97. The number of nitrogens with zero attached hydrogens (tertiary/aromatic N) is 3. The van der Waals surface area contributed by atoms with E-state index in [9.17, 15) is 4.21 Å². The first kappa shape index (κ1) is 13.5. The van der Waals surface area contributed by atoms with E-state index in [1.807, 2.05) is 16.3 Å². The van der Waals surface area contributed by atoms with Crippen LogP contribution in [0, 0.1) is 4.77 Å². The molecule has 2 rings (SSSR count). The summed E-state index contributed by atoms with van der Waals surface area (Å²) in [7, 11) is 1.18. The molecule has 18 heavy (non-hydrogen) atoms. The first-order valence-electron chi connectivity index (χ1n) is 5.99. The van der Waals surface area contributed by atoms with Crippen molar-refractivity contribution in [3.05, 3.63) is 10.5 Å². The topological polar surface area (TPSA) is 55.6 Å². The maximum atomic E-state index is 11.1. The molecule has 7 heteroatoms. The van der Waals surface area contributed by atoms with E-state index in [0.29, 0.717) is 5.75 Å². The lowest BCUT2D eigenvalue weighted by Crippen LogP contribution is -2.06. The summed E-state index contributed by atoms with van der Waals surface area (Å²) in [6.07, 6.45) is 3.47. The van der Waals surface area contributed by atoms with E-state index in [1.165, 1.54) is 0 Å². The molecule has 0 amide bonds. The Kier molecular flexibility index (Phi) is 4.01. The van der Waals surface area contributed by atoms with Gasteiger partial charge in [-0.05, 0) is 25.1 Å². The Balaban J connectivity index is 2.37. The Morgan fingerprint density at radius 1 is 1.50 bits per heavy atom. The molecule has 0 saturated carbocycles. The van der Waals surface area contributed by atoms with Crippen LogP contribution in [0.3, 0.4) is 0 Å². The zero-order valence-corrected chi connectivity index (χ0v) is 12.5. The molecule has 0 fully saturated rings. The molecular formula is C11H18N4OS2. The number of imidazole rings is 1. The average molecular weight is 286 g/mol. The number of aromatic nitrogens is 4. The van der Waals surface area contributed by atoms with Crippen molar-refractivity contribution in [1.82, 2.24) is 19.3 Å². The van der Waals surface area contributed by atoms with Crippen molar-refractivity contribution in [1.29, 1.82) is 0 Å². The third-order valence-corrected chi connectivity index (χ3v) is 4.16. The molecular weight excluding hydrogens is 268 g/mol. The fourth-order valence-corrected chi connectivity index (χ4v) is 2.97. The number of aromatic amines is 1. The first-order chi connectivity index (χ1) is 8.54. The monoisotopic (exact) mass is 286 g/mol. The lowest BCUT2D eigenvalue weighted by molar-refractivity contribution is 0.644. The van der Waals surface area contributed by atoms with E-state index in [-0.39, 0.29) is 0 Å². The van der Waals surface area contributed by atoms with Gasteiger partial charge in [-0.2, -0.15) is 5.10 Å². The first-order valence-corrected chi connectivity index (χ1v) is 8.12. The summed E-state index contributed by atoms with van der Waals surface area (Å²) in [5.41, 5.74) is 3.10. The summed E-state index contributed by atoms with van der Waals surface area (Å²) in [4.78, 5) is 3.22. The van der Waals surface area contributed by atoms with E-state index >= 15 is 0 Å². The van der Waals surface area contributed by atoms with Crippen molar-refractivity contribution in [2.75, 3.05) is 12.0 Å². The van der Waals surface area contributed by atoms with Crippen molar-refractivity contribution < 1.29 is 4.21 Å². The molecule has 0 spiro atoms. The molecule has 1 atom stereocenters. The van der Waals surface area contributed by atoms with Crippen LogP contribution in [0.15, 0.2) is 0 Å². The van der Waals surface area contributed by atoms with Gasteiger partial charge < -0.3 is 9.55 Å². The molecule has 2 aromatic heterocycles. The fourth-order valence-electron chi connectivity index (χ4n) is 2.16. The van der Waals surface area contributed by atoms with Crippen LogP contribution in [0.2, 0.25) is 0 Å². The molecule has 0 bridgehead atoms. The van der Waals surface area contributed by atoms with Gasteiger partial charge in [0, 0.05) is 36.4 Å². The molecule has 0 radical (unpaired) electrons. The number of rotatable bonds is 5. The van der Waals surface area contributed by atoms with E-state index in [2.05, 4.69) is 17.0 Å². The van der Waals surface area contributed by atoms with Gasteiger partial charge in [0.15, 0.2) is 10.4 Å². The average Bonchev–Trinajstić information content (AvgIpc) is 2.77. The van der Waals surface area contributed by atoms with Crippen LogP contribution in [0.4, 0.5) is 0 Å². The van der Waals surface area contributed by atoms with Gasteiger partial charge in [0.05, 0.1) is 5.69 Å². The molecule has 1 N–H and O–H groups in total. The van der Waals surface area contributed by atoms with Crippen molar-refractivity contribution in [2.24, 2.45) is 7.05 Å². The number of hydrogen-bond acceptors (Lipinski definition) is 3. The smallest absolute Gasteiger partial charge is 0.179 e. The minimum atomic E-state index is -0.749. The van der Waals surface area contributed by atoms with Gasteiger partial charge in [-0.1, -0.05) is 6.92 Å². The second kappa shape index (κ2) is 5.36. The highest BCUT2D eigenvalue weighted by Crippen LogP contribution is 2.18. The maximum Gasteiger partial charge on any atom is 0.179 e. The van der Waals surface area contributed by atoms with E-state index < -0.39 is 10.8 Å².